The highest BCUT2D eigenvalue weighted by Gasteiger charge is 2.33. The van der Waals surface area contributed by atoms with E-state index in [2.05, 4.69) is 15.6 Å². The summed E-state index contributed by atoms with van der Waals surface area (Å²) in [4.78, 5) is 31.1. The summed E-state index contributed by atoms with van der Waals surface area (Å²) in [6.07, 6.45) is 1.52. The number of anilines is 2. The molecule has 3 aromatic rings. The molecule has 0 saturated heterocycles. The molecule has 1 aromatic heterocycles. The van der Waals surface area contributed by atoms with Crippen molar-refractivity contribution in [2.45, 2.75) is 32.6 Å². The van der Waals surface area contributed by atoms with Gasteiger partial charge in [-0.05, 0) is 62.1 Å². The molecule has 4 rings (SSSR count). The maximum absolute atomic E-state index is 12.9. The first-order valence-corrected chi connectivity index (χ1v) is 10.6. The van der Waals surface area contributed by atoms with E-state index in [1.165, 1.54) is 11.3 Å². The average Bonchev–Trinajstić information content (AvgIpc) is 3.31. The van der Waals surface area contributed by atoms with Crippen molar-refractivity contribution in [3.8, 4) is 5.75 Å². The van der Waals surface area contributed by atoms with Crippen molar-refractivity contribution in [2.75, 3.05) is 17.7 Å². The van der Waals surface area contributed by atoms with Gasteiger partial charge in [-0.15, -0.1) is 11.3 Å². The van der Waals surface area contributed by atoms with Gasteiger partial charge in [-0.1, -0.05) is 18.2 Å². The first-order valence-electron chi connectivity index (χ1n) is 9.78. The fourth-order valence-electron chi connectivity index (χ4n) is 3.67. The zero-order chi connectivity index (χ0) is 21.3. The third-order valence-corrected chi connectivity index (χ3v) is 6.38. The third kappa shape index (κ3) is 3.93. The van der Waals surface area contributed by atoms with E-state index in [1.54, 1.807) is 31.4 Å². The van der Waals surface area contributed by atoms with Crippen LogP contribution >= 0.6 is 11.3 Å². The fourth-order valence-corrected chi connectivity index (χ4v) is 4.70. The van der Waals surface area contributed by atoms with Gasteiger partial charge in [-0.2, -0.15) is 0 Å². The molecule has 0 aliphatic heterocycles. The molecular weight excluding hydrogens is 398 g/mol. The number of amides is 2. The number of aromatic nitrogens is 1. The van der Waals surface area contributed by atoms with E-state index in [0.29, 0.717) is 16.4 Å². The van der Waals surface area contributed by atoms with Crippen LogP contribution in [0.1, 0.15) is 44.4 Å². The smallest absolute Gasteiger partial charge is 0.257 e. The molecular formula is C23H23N3O3S. The summed E-state index contributed by atoms with van der Waals surface area (Å²) in [6.45, 7) is 3.97. The Kier molecular flexibility index (Phi) is 5.55. The second kappa shape index (κ2) is 8.28. The molecule has 0 fully saturated rings. The number of nitrogens with zero attached hydrogens (tertiary/aromatic N) is 1. The monoisotopic (exact) mass is 421 g/mol. The Morgan fingerprint density at radius 2 is 1.77 bits per heavy atom. The van der Waals surface area contributed by atoms with Crippen LogP contribution < -0.4 is 15.4 Å². The summed E-state index contributed by atoms with van der Waals surface area (Å²) in [5, 5.41) is 6.44. The van der Waals surface area contributed by atoms with E-state index in [1.807, 2.05) is 32.0 Å². The highest BCUT2D eigenvalue weighted by atomic mass is 32.1. The molecule has 1 unspecified atom stereocenters. The lowest BCUT2D eigenvalue weighted by molar-refractivity contribution is -0.117. The molecule has 1 heterocycles. The molecule has 7 heteroatoms. The number of hydrogen-bond donors (Lipinski definition) is 2. The number of ether oxygens (including phenoxy) is 1. The lowest BCUT2D eigenvalue weighted by Gasteiger charge is -2.14. The second-order valence-electron chi connectivity index (χ2n) is 7.36. The molecule has 0 bridgehead atoms. The number of carbonyl (C=O) groups excluding carboxylic acids is 2. The minimum Gasteiger partial charge on any atom is -0.497 e. The number of carbonyl (C=O) groups is 2. The lowest BCUT2D eigenvalue weighted by Crippen LogP contribution is -2.21. The highest BCUT2D eigenvalue weighted by molar-refractivity contribution is 7.16. The van der Waals surface area contributed by atoms with Gasteiger partial charge >= 0.3 is 0 Å². The van der Waals surface area contributed by atoms with Gasteiger partial charge < -0.3 is 10.1 Å². The van der Waals surface area contributed by atoms with Crippen molar-refractivity contribution in [2.24, 2.45) is 0 Å². The van der Waals surface area contributed by atoms with Gasteiger partial charge in [-0.3, -0.25) is 14.9 Å². The molecule has 2 aromatic carbocycles. The average molecular weight is 422 g/mol. The number of rotatable bonds is 5. The predicted octanol–water partition coefficient (Wildman–Crippen LogP) is 4.69. The first kappa shape index (κ1) is 20.1. The molecule has 2 amide bonds. The summed E-state index contributed by atoms with van der Waals surface area (Å²) < 4.78 is 5.12. The number of hydrogen-bond acceptors (Lipinski definition) is 5. The third-order valence-electron chi connectivity index (χ3n) is 5.34. The molecule has 0 saturated carbocycles. The Hall–Kier alpha value is -3.19. The molecule has 1 aliphatic carbocycles. The summed E-state index contributed by atoms with van der Waals surface area (Å²) in [7, 11) is 1.58. The van der Waals surface area contributed by atoms with Crippen molar-refractivity contribution in [1.29, 1.82) is 0 Å². The Bertz CT molecular complexity index is 1090. The highest BCUT2D eigenvalue weighted by Crippen LogP contribution is 2.39. The SMILES string of the molecule is COc1ccc(C(=O)Nc2nc3c(s2)CCC3C(=O)Nc2c(C)cccc2C)cc1. The minimum absolute atomic E-state index is 0.0514. The summed E-state index contributed by atoms with van der Waals surface area (Å²) in [5.74, 6) is 0.102. The molecule has 30 heavy (non-hydrogen) atoms. The van der Waals surface area contributed by atoms with Crippen molar-refractivity contribution in [1.82, 2.24) is 4.98 Å². The van der Waals surface area contributed by atoms with Gasteiger partial charge in [0, 0.05) is 16.1 Å². The zero-order valence-corrected chi connectivity index (χ0v) is 17.9. The maximum Gasteiger partial charge on any atom is 0.257 e. The Labute approximate surface area is 179 Å². The molecule has 0 radical (unpaired) electrons. The normalized spacial score (nSPS) is 14.8. The second-order valence-corrected chi connectivity index (χ2v) is 8.44. The molecule has 6 nitrogen and oxygen atoms in total. The minimum atomic E-state index is -0.304. The van der Waals surface area contributed by atoms with Crippen LogP contribution in [0.3, 0.4) is 0 Å². The van der Waals surface area contributed by atoms with Crippen molar-refractivity contribution < 1.29 is 14.3 Å². The summed E-state index contributed by atoms with van der Waals surface area (Å²) >= 11 is 1.44. The van der Waals surface area contributed by atoms with Gasteiger partial charge in [0.05, 0.1) is 18.7 Å². The van der Waals surface area contributed by atoms with Gasteiger partial charge in [0.15, 0.2) is 5.13 Å². The molecule has 154 valence electrons. The van der Waals surface area contributed by atoms with Crippen molar-refractivity contribution in [3.05, 3.63) is 69.7 Å². The van der Waals surface area contributed by atoms with Crippen LogP contribution in [0.4, 0.5) is 10.8 Å². The van der Waals surface area contributed by atoms with Crippen LogP contribution in [0.15, 0.2) is 42.5 Å². The number of thiazole rings is 1. The van der Waals surface area contributed by atoms with Gasteiger partial charge in [0.2, 0.25) is 5.91 Å². The largest absolute Gasteiger partial charge is 0.497 e. The fraction of sp³-hybridized carbons (Fsp3) is 0.261. The number of benzene rings is 2. The number of fused-ring (bicyclic) bond motifs is 1. The van der Waals surface area contributed by atoms with E-state index in [4.69, 9.17) is 4.74 Å². The van der Waals surface area contributed by atoms with Gasteiger partial charge in [0.25, 0.3) is 5.91 Å². The van der Waals surface area contributed by atoms with Gasteiger partial charge in [0.1, 0.15) is 5.75 Å². The topological polar surface area (TPSA) is 80.3 Å². The number of methoxy groups -OCH3 is 1. The Morgan fingerprint density at radius 1 is 1.07 bits per heavy atom. The van der Waals surface area contributed by atoms with Crippen LogP contribution in [-0.2, 0) is 11.2 Å². The van der Waals surface area contributed by atoms with Gasteiger partial charge in [-0.25, -0.2) is 4.98 Å². The Morgan fingerprint density at radius 3 is 2.43 bits per heavy atom. The lowest BCUT2D eigenvalue weighted by atomic mass is 10.0. The van der Waals surface area contributed by atoms with E-state index < -0.39 is 0 Å². The number of aryl methyl sites for hydroxylation is 3. The summed E-state index contributed by atoms with van der Waals surface area (Å²) in [6, 6.07) is 12.8. The van der Waals surface area contributed by atoms with E-state index >= 15 is 0 Å². The molecule has 1 aliphatic rings. The molecule has 2 N–H and O–H groups in total. The number of para-hydroxylation sites is 1. The zero-order valence-electron chi connectivity index (χ0n) is 17.1. The van der Waals surface area contributed by atoms with E-state index in [9.17, 15) is 9.59 Å². The number of nitrogens with one attached hydrogen (secondary N) is 2. The molecule has 0 spiro atoms. The standard InChI is InChI=1S/C23H23N3O3S/c1-13-5-4-6-14(2)19(13)24-22(28)17-11-12-18-20(17)25-23(30-18)26-21(27)15-7-9-16(29-3)10-8-15/h4-10,17H,11-12H2,1-3H3,(H,24,28)(H,25,26,27). The van der Waals surface area contributed by atoms with Crippen LogP contribution in [-0.4, -0.2) is 23.9 Å². The predicted molar refractivity (Wildman–Crippen MR) is 119 cm³/mol. The quantitative estimate of drug-likeness (QED) is 0.626. The van der Waals surface area contributed by atoms with E-state index in [0.717, 1.165) is 40.2 Å². The van der Waals surface area contributed by atoms with Crippen LogP contribution in [0.2, 0.25) is 0 Å². The van der Waals surface area contributed by atoms with Crippen molar-refractivity contribution >= 4 is 34.0 Å². The first-order chi connectivity index (χ1) is 14.5. The summed E-state index contributed by atoms with van der Waals surface area (Å²) in [5.41, 5.74) is 4.23. The van der Waals surface area contributed by atoms with Crippen LogP contribution in [0.5, 0.6) is 5.75 Å². The van der Waals surface area contributed by atoms with E-state index in [-0.39, 0.29) is 17.7 Å². The molecule has 1 atom stereocenters. The van der Waals surface area contributed by atoms with Crippen molar-refractivity contribution in [3.63, 3.8) is 0 Å². The van der Waals surface area contributed by atoms with Crippen LogP contribution in [0, 0.1) is 13.8 Å². The van der Waals surface area contributed by atoms with Crippen LogP contribution in [0.25, 0.3) is 0 Å². The maximum atomic E-state index is 12.9. The Balaban J connectivity index is 1.48.